The largest absolute Gasteiger partial charge is 0.368 e. The van der Waals surface area contributed by atoms with Gasteiger partial charge in [-0.2, -0.15) is 5.10 Å². The molecule has 4 rings (SSSR count). The van der Waals surface area contributed by atoms with Crippen molar-refractivity contribution in [3.63, 3.8) is 0 Å². The zero-order chi connectivity index (χ0) is 22.0. The van der Waals surface area contributed by atoms with Crippen LogP contribution in [0.3, 0.4) is 0 Å². The minimum atomic E-state index is -0.741. The maximum atomic E-state index is 13.2. The molecule has 1 saturated heterocycles. The summed E-state index contributed by atoms with van der Waals surface area (Å²) in [5, 5.41) is 5.06. The molecule has 0 bridgehead atoms. The molecule has 1 unspecified atom stereocenters. The highest BCUT2D eigenvalue weighted by Crippen LogP contribution is 2.21. The summed E-state index contributed by atoms with van der Waals surface area (Å²) in [7, 11) is 0. The number of piperazine rings is 1. The normalized spacial score (nSPS) is 15.1. The molecule has 1 amide bonds. The Morgan fingerprint density at radius 1 is 0.968 bits per heavy atom. The lowest BCUT2D eigenvalue weighted by Crippen LogP contribution is -2.51. The van der Waals surface area contributed by atoms with Crippen molar-refractivity contribution in [1.29, 1.82) is 0 Å². The molecule has 1 aliphatic rings. The Hall–Kier alpha value is -3.19. The standard InChI is InChI=1S/C23H22ClFN4O2/c1-16(29-22(30)11-10-21(26-29)17-2-6-19(25)7-3-17)23(31)28-14-12-27(13-15-28)20-8-4-18(24)5-9-20/h2-11,16H,12-15H2,1H3. The van der Waals surface area contributed by atoms with Crippen molar-refractivity contribution in [3.8, 4) is 11.3 Å². The van der Waals surface area contributed by atoms with E-state index in [-0.39, 0.29) is 17.3 Å². The molecule has 2 heterocycles. The lowest BCUT2D eigenvalue weighted by Gasteiger charge is -2.37. The van der Waals surface area contributed by atoms with Gasteiger partial charge in [0.25, 0.3) is 5.56 Å². The average Bonchev–Trinajstić information content (AvgIpc) is 2.80. The van der Waals surface area contributed by atoms with Gasteiger partial charge in [0.15, 0.2) is 0 Å². The molecular formula is C23H22ClFN4O2. The number of hydrogen-bond acceptors (Lipinski definition) is 4. The number of benzene rings is 2. The maximum absolute atomic E-state index is 13.2. The van der Waals surface area contributed by atoms with Crippen LogP contribution in [0.4, 0.5) is 10.1 Å². The van der Waals surface area contributed by atoms with E-state index in [0.717, 1.165) is 5.69 Å². The van der Waals surface area contributed by atoms with Crippen molar-refractivity contribution >= 4 is 23.2 Å². The second kappa shape index (κ2) is 8.89. The van der Waals surface area contributed by atoms with Crippen LogP contribution in [-0.2, 0) is 4.79 Å². The average molecular weight is 441 g/mol. The molecule has 1 aromatic heterocycles. The van der Waals surface area contributed by atoms with E-state index >= 15 is 0 Å². The predicted molar refractivity (Wildman–Crippen MR) is 119 cm³/mol. The van der Waals surface area contributed by atoms with Crippen molar-refractivity contribution in [3.05, 3.63) is 81.9 Å². The number of hydrogen-bond donors (Lipinski definition) is 0. The molecule has 0 N–H and O–H groups in total. The Bertz CT molecular complexity index is 1120. The van der Waals surface area contributed by atoms with Gasteiger partial charge in [-0.25, -0.2) is 9.07 Å². The summed E-state index contributed by atoms with van der Waals surface area (Å²) in [6, 6.07) is 15.7. The molecule has 3 aromatic rings. The molecule has 0 radical (unpaired) electrons. The number of amides is 1. The highest BCUT2D eigenvalue weighted by Gasteiger charge is 2.27. The summed E-state index contributed by atoms with van der Waals surface area (Å²) in [6.45, 7) is 4.17. The van der Waals surface area contributed by atoms with Gasteiger partial charge in [-0.05, 0) is 61.5 Å². The number of nitrogens with zero attached hydrogens (tertiary/aromatic N) is 4. The quantitative estimate of drug-likeness (QED) is 0.622. The van der Waals surface area contributed by atoms with Crippen LogP contribution in [0.25, 0.3) is 11.3 Å². The van der Waals surface area contributed by atoms with E-state index in [4.69, 9.17) is 11.6 Å². The van der Waals surface area contributed by atoms with E-state index in [2.05, 4.69) is 10.00 Å². The van der Waals surface area contributed by atoms with E-state index in [1.165, 1.54) is 22.9 Å². The molecule has 0 aliphatic carbocycles. The Labute approximate surface area is 184 Å². The van der Waals surface area contributed by atoms with Gasteiger partial charge in [0.05, 0.1) is 5.69 Å². The van der Waals surface area contributed by atoms with E-state index in [1.807, 2.05) is 24.3 Å². The molecule has 1 fully saturated rings. The van der Waals surface area contributed by atoms with Crippen LogP contribution in [0.2, 0.25) is 5.02 Å². The van der Waals surface area contributed by atoms with Crippen LogP contribution in [-0.4, -0.2) is 46.8 Å². The number of rotatable bonds is 4. The smallest absolute Gasteiger partial charge is 0.267 e. The lowest BCUT2D eigenvalue weighted by molar-refractivity contribution is -0.135. The highest BCUT2D eigenvalue weighted by atomic mass is 35.5. The van der Waals surface area contributed by atoms with Gasteiger partial charge in [-0.15, -0.1) is 0 Å². The third-order valence-electron chi connectivity index (χ3n) is 5.47. The predicted octanol–water partition coefficient (Wildman–Crippen LogP) is 3.61. The van der Waals surface area contributed by atoms with Crippen molar-refractivity contribution in [2.45, 2.75) is 13.0 Å². The summed E-state index contributed by atoms with van der Waals surface area (Å²) in [5.41, 5.74) is 1.89. The summed E-state index contributed by atoms with van der Waals surface area (Å²) in [5.74, 6) is -0.500. The Kier molecular flexibility index (Phi) is 6.04. The fourth-order valence-corrected chi connectivity index (χ4v) is 3.81. The SMILES string of the molecule is CC(C(=O)N1CCN(c2ccc(Cl)cc2)CC1)n1nc(-c2ccc(F)cc2)ccc1=O. The maximum Gasteiger partial charge on any atom is 0.267 e. The first-order chi connectivity index (χ1) is 14.9. The van der Waals surface area contributed by atoms with Gasteiger partial charge >= 0.3 is 0 Å². The summed E-state index contributed by atoms with van der Waals surface area (Å²) >= 11 is 5.96. The molecule has 6 nitrogen and oxygen atoms in total. The Morgan fingerprint density at radius 2 is 1.61 bits per heavy atom. The van der Waals surface area contributed by atoms with Crippen LogP contribution in [0.1, 0.15) is 13.0 Å². The number of halogens is 2. The number of anilines is 1. The van der Waals surface area contributed by atoms with E-state index in [9.17, 15) is 14.0 Å². The van der Waals surface area contributed by atoms with Crippen molar-refractivity contribution in [2.75, 3.05) is 31.1 Å². The lowest BCUT2D eigenvalue weighted by atomic mass is 10.1. The summed E-state index contributed by atoms with van der Waals surface area (Å²) in [4.78, 5) is 29.4. The summed E-state index contributed by atoms with van der Waals surface area (Å²) in [6.07, 6.45) is 0. The first kappa shape index (κ1) is 21.1. The Morgan fingerprint density at radius 3 is 2.26 bits per heavy atom. The molecule has 2 aromatic carbocycles. The molecule has 0 saturated carbocycles. The van der Waals surface area contributed by atoms with E-state index in [0.29, 0.717) is 42.5 Å². The monoisotopic (exact) mass is 440 g/mol. The zero-order valence-corrected chi connectivity index (χ0v) is 17.8. The van der Waals surface area contributed by atoms with Gasteiger partial charge in [0, 0.05) is 48.5 Å². The second-order valence-electron chi connectivity index (χ2n) is 7.47. The third-order valence-corrected chi connectivity index (χ3v) is 5.72. The van der Waals surface area contributed by atoms with Crippen LogP contribution >= 0.6 is 11.6 Å². The topological polar surface area (TPSA) is 58.4 Å². The minimum absolute atomic E-state index is 0.151. The van der Waals surface area contributed by atoms with Gasteiger partial charge in [0.2, 0.25) is 5.91 Å². The molecule has 31 heavy (non-hydrogen) atoms. The highest BCUT2D eigenvalue weighted by molar-refractivity contribution is 6.30. The van der Waals surface area contributed by atoms with Gasteiger partial charge in [0.1, 0.15) is 11.9 Å². The first-order valence-corrected chi connectivity index (χ1v) is 10.5. The van der Waals surface area contributed by atoms with Crippen LogP contribution < -0.4 is 10.5 Å². The van der Waals surface area contributed by atoms with Crippen LogP contribution in [0.15, 0.2) is 65.5 Å². The fraction of sp³-hybridized carbons (Fsp3) is 0.261. The van der Waals surface area contributed by atoms with Crippen molar-refractivity contribution < 1.29 is 9.18 Å². The number of aromatic nitrogens is 2. The first-order valence-electron chi connectivity index (χ1n) is 10.1. The molecule has 160 valence electrons. The molecule has 8 heteroatoms. The minimum Gasteiger partial charge on any atom is -0.368 e. The molecule has 1 atom stereocenters. The number of carbonyl (C=O) groups is 1. The molecule has 0 spiro atoms. The van der Waals surface area contributed by atoms with E-state index in [1.54, 1.807) is 30.0 Å². The van der Waals surface area contributed by atoms with Gasteiger partial charge in [-0.1, -0.05) is 11.6 Å². The van der Waals surface area contributed by atoms with Crippen molar-refractivity contribution in [2.24, 2.45) is 0 Å². The fourth-order valence-electron chi connectivity index (χ4n) is 3.68. The van der Waals surface area contributed by atoms with Gasteiger partial charge < -0.3 is 9.80 Å². The van der Waals surface area contributed by atoms with Gasteiger partial charge in [-0.3, -0.25) is 9.59 Å². The molecular weight excluding hydrogens is 419 g/mol. The molecule has 1 aliphatic heterocycles. The van der Waals surface area contributed by atoms with E-state index < -0.39 is 6.04 Å². The van der Waals surface area contributed by atoms with Crippen molar-refractivity contribution in [1.82, 2.24) is 14.7 Å². The van der Waals surface area contributed by atoms with Crippen LogP contribution in [0, 0.1) is 5.82 Å². The van der Waals surface area contributed by atoms with Crippen LogP contribution in [0.5, 0.6) is 0 Å². The second-order valence-corrected chi connectivity index (χ2v) is 7.91. The summed E-state index contributed by atoms with van der Waals surface area (Å²) < 4.78 is 14.4. The zero-order valence-electron chi connectivity index (χ0n) is 17.0. The third kappa shape index (κ3) is 4.61. The number of carbonyl (C=O) groups excluding carboxylic acids is 1. The Balaban J connectivity index is 1.47.